The fraction of sp³-hybridized carbons (Fsp3) is 0.200. The van der Waals surface area contributed by atoms with Crippen LogP contribution in [0.5, 0.6) is 0 Å². The Labute approximate surface area is 143 Å². The van der Waals surface area contributed by atoms with Gasteiger partial charge in [-0.2, -0.15) is 4.98 Å². The largest absolute Gasteiger partial charge is 0.366 e. The highest BCUT2D eigenvalue weighted by Gasteiger charge is 2.03. The zero-order chi connectivity index (χ0) is 16.8. The molecule has 1 heterocycles. The first-order valence-electron chi connectivity index (χ1n) is 8.22. The van der Waals surface area contributed by atoms with Gasteiger partial charge in [-0.25, -0.2) is 4.98 Å². The fourth-order valence-electron chi connectivity index (χ4n) is 2.46. The van der Waals surface area contributed by atoms with Crippen LogP contribution in [0.15, 0.2) is 60.7 Å². The number of anilines is 3. The van der Waals surface area contributed by atoms with E-state index in [1.807, 2.05) is 31.2 Å². The van der Waals surface area contributed by atoms with Crippen molar-refractivity contribution in [3.8, 4) is 0 Å². The summed E-state index contributed by atoms with van der Waals surface area (Å²) >= 11 is 0. The summed E-state index contributed by atoms with van der Waals surface area (Å²) in [6.45, 7) is 4.86. The minimum atomic E-state index is 0.606. The van der Waals surface area contributed by atoms with Gasteiger partial charge in [-0.3, -0.25) is 0 Å². The molecule has 2 aromatic carbocycles. The molecule has 4 heteroatoms. The van der Waals surface area contributed by atoms with E-state index in [1.54, 1.807) is 0 Å². The minimum absolute atomic E-state index is 0.606. The lowest BCUT2D eigenvalue weighted by molar-refractivity contribution is 1.06. The Morgan fingerprint density at radius 3 is 2.33 bits per heavy atom. The third-order valence-electron chi connectivity index (χ3n) is 3.79. The molecule has 0 bridgehead atoms. The van der Waals surface area contributed by atoms with Crippen molar-refractivity contribution >= 4 is 17.5 Å². The Morgan fingerprint density at radius 1 is 0.875 bits per heavy atom. The average Bonchev–Trinajstić information content (AvgIpc) is 2.61. The second-order valence-electron chi connectivity index (χ2n) is 5.73. The molecule has 3 aromatic rings. The molecular formula is C20H22N4. The van der Waals surface area contributed by atoms with Crippen LogP contribution < -0.4 is 10.6 Å². The van der Waals surface area contributed by atoms with Crippen LogP contribution in [0.4, 0.5) is 17.5 Å². The molecule has 122 valence electrons. The van der Waals surface area contributed by atoms with E-state index >= 15 is 0 Å². The van der Waals surface area contributed by atoms with E-state index in [9.17, 15) is 0 Å². The van der Waals surface area contributed by atoms with Crippen LogP contribution in [0.25, 0.3) is 0 Å². The van der Waals surface area contributed by atoms with Crippen LogP contribution in [-0.4, -0.2) is 9.97 Å². The summed E-state index contributed by atoms with van der Waals surface area (Å²) in [5.41, 5.74) is 4.45. The number of benzene rings is 2. The highest BCUT2D eigenvalue weighted by molar-refractivity contribution is 5.55. The van der Waals surface area contributed by atoms with E-state index in [0.29, 0.717) is 5.95 Å². The van der Waals surface area contributed by atoms with Crippen LogP contribution in [0.2, 0.25) is 0 Å². The average molecular weight is 318 g/mol. The maximum absolute atomic E-state index is 4.55. The van der Waals surface area contributed by atoms with Crippen molar-refractivity contribution in [2.45, 2.75) is 26.8 Å². The van der Waals surface area contributed by atoms with Gasteiger partial charge in [0.2, 0.25) is 5.95 Å². The molecule has 0 saturated carbocycles. The predicted molar refractivity (Wildman–Crippen MR) is 99.6 cm³/mol. The van der Waals surface area contributed by atoms with Gasteiger partial charge in [0.25, 0.3) is 0 Å². The number of hydrogen-bond donors (Lipinski definition) is 2. The Balaban J connectivity index is 1.70. The van der Waals surface area contributed by atoms with E-state index < -0.39 is 0 Å². The van der Waals surface area contributed by atoms with Crippen LogP contribution in [0, 0.1) is 6.92 Å². The number of nitrogens with zero attached hydrogens (tertiary/aromatic N) is 2. The summed E-state index contributed by atoms with van der Waals surface area (Å²) < 4.78 is 0. The smallest absolute Gasteiger partial charge is 0.229 e. The number of aryl methyl sites for hydroxylation is 2. The molecule has 0 spiro atoms. The van der Waals surface area contributed by atoms with Gasteiger partial charge < -0.3 is 10.6 Å². The minimum Gasteiger partial charge on any atom is -0.366 e. The van der Waals surface area contributed by atoms with E-state index in [0.717, 1.165) is 30.2 Å². The van der Waals surface area contributed by atoms with Crippen molar-refractivity contribution in [3.63, 3.8) is 0 Å². The second kappa shape index (κ2) is 7.59. The second-order valence-corrected chi connectivity index (χ2v) is 5.73. The van der Waals surface area contributed by atoms with E-state index in [4.69, 9.17) is 0 Å². The molecule has 0 fully saturated rings. The van der Waals surface area contributed by atoms with E-state index in [2.05, 4.69) is 63.9 Å². The molecule has 0 aliphatic carbocycles. The van der Waals surface area contributed by atoms with Crippen molar-refractivity contribution in [1.29, 1.82) is 0 Å². The first-order chi connectivity index (χ1) is 11.7. The van der Waals surface area contributed by atoms with Crippen molar-refractivity contribution in [2.75, 3.05) is 10.6 Å². The van der Waals surface area contributed by atoms with Gasteiger partial charge in [-0.1, -0.05) is 49.4 Å². The lowest BCUT2D eigenvalue weighted by Gasteiger charge is -2.10. The van der Waals surface area contributed by atoms with E-state index in [-0.39, 0.29) is 0 Å². The molecule has 24 heavy (non-hydrogen) atoms. The summed E-state index contributed by atoms with van der Waals surface area (Å²) in [7, 11) is 0. The molecule has 0 amide bonds. The Bertz CT molecular complexity index is 782. The molecule has 3 rings (SSSR count). The molecule has 0 unspecified atom stereocenters. The molecular weight excluding hydrogens is 296 g/mol. The maximum atomic E-state index is 4.55. The summed E-state index contributed by atoms with van der Waals surface area (Å²) in [4.78, 5) is 9.02. The van der Waals surface area contributed by atoms with Crippen LogP contribution in [0.3, 0.4) is 0 Å². The predicted octanol–water partition coefficient (Wildman–Crippen LogP) is 4.70. The number of rotatable bonds is 6. The van der Waals surface area contributed by atoms with Gasteiger partial charge in [0.05, 0.1) is 0 Å². The summed E-state index contributed by atoms with van der Waals surface area (Å²) in [6, 6.07) is 20.6. The summed E-state index contributed by atoms with van der Waals surface area (Å²) in [6.07, 6.45) is 1.04. The Kier molecular flexibility index (Phi) is 5.06. The van der Waals surface area contributed by atoms with Gasteiger partial charge in [-0.05, 0) is 36.6 Å². The van der Waals surface area contributed by atoms with Crippen molar-refractivity contribution in [3.05, 3.63) is 77.5 Å². The van der Waals surface area contributed by atoms with Gasteiger partial charge in [-0.15, -0.1) is 0 Å². The highest BCUT2D eigenvalue weighted by atomic mass is 15.1. The normalized spacial score (nSPS) is 10.4. The molecule has 0 atom stereocenters. The van der Waals surface area contributed by atoms with Crippen LogP contribution in [-0.2, 0) is 13.0 Å². The molecule has 0 saturated heterocycles. The summed E-state index contributed by atoms with van der Waals surface area (Å²) in [5.74, 6) is 1.42. The van der Waals surface area contributed by atoms with Gasteiger partial charge in [0, 0.05) is 24.0 Å². The third-order valence-corrected chi connectivity index (χ3v) is 3.79. The van der Waals surface area contributed by atoms with Gasteiger partial charge in [0.1, 0.15) is 5.82 Å². The number of nitrogens with one attached hydrogen (secondary N) is 2. The topological polar surface area (TPSA) is 49.8 Å². The molecule has 2 N–H and O–H groups in total. The molecule has 0 radical (unpaired) electrons. The molecule has 0 aliphatic heterocycles. The standard InChI is InChI=1S/C20H22N4/c1-3-16-9-11-18(12-10-16)23-20-22-15(2)13-19(24-20)21-14-17-7-5-4-6-8-17/h4-13H,3,14H2,1-2H3,(H2,21,22,23,24). The molecule has 0 aliphatic rings. The van der Waals surface area contributed by atoms with Crippen LogP contribution in [0.1, 0.15) is 23.7 Å². The van der Waals surface area contributed by atoms with Crippen molar-refractivity contribution in [1.82, 2.24) is 9.97 Å². The zero-order valence-electron chi connectivity index (χ0n) is 14.1. The summed E-state index contributed by atoms with van der Waals surface area (Å²) in [5, 5.41) is 6.63. The maximum Gasteiger partial charge on any atom is 0.229 e. The molecule has 4 nitrogen and oxygen atoms in total. The Hall–Kier alpha value is -2.88. The lowest BCUT2D eigenvalue weighted by atomic mass is 10.1. The first-order valence-corrected chi connectivity index (χ1v) is 8.22. The van der Waals surface area contributed by atoms with Crippen LogP contribution >= 0.6 is 0 Å². The SMILES string of the molecule is CCc1ccc(Nc2nc(C)cc(NCc3ccccc3)n2)cc1. The number of aromatic nitrogens is 2. The van der Waals surface area contributed by atoms with Crippen molar-refractivity contribution in [2.24, 2.45) is 0 Å². The van der Waals surface area contributed by atoms with Crippen molar-refractivity contribution < 1.29 is 0 Å². The third kappa shape index (κ3) is 4.32. The quantitative estimate of drug-likeness (QED) is 0.691. The lowest BCUT2D eigenvalue weighted by Crippen LogP contribution is -2.05. The number of hydrogen-bond acceptors (Lipinski definition) is 4. The Morgan fingerprint density at radius 2 is 1.62 bits per heavy atom. The monoisotopic (exact) mass is 318 g/mol. The molecule has 1 aromatic heterocycles. The zero-order valence-corrected chi connectivity index (χ0v) is 14.1. The van der Waals surface area contributed by atoms with Gasteiger partial charge >= 0.3 is 0 Å². The highest BCUT2D eigenvalue weighted by Crippen LogP contribution is 2.17. The van der Waals surface area contributed by atoms with Gasteiger partial charge in [0.15, 0.2) is 0 Å². The fourth-order valence-corrected chi connectivity index (χ4v) is 2.46. The van der Waals surface area contributed by atoms with E-state index in [1.165, 1.54) is 11.1 Å². The first kappa shape index (κ1) is 16.0.